The van der Waals surface area contributed by atoms with Crippen LogP contribution in [0.1, 0.15) is 30.9 Å². The smallest absolute Gasteiger partial charge is 0.492 e. The lowest BCUT2D eigenvalue weighted by Gasteiger charge is -2.15. The fourth-order valence-electron chi connectivity index (χ4n) is 2.83. The van der Waals surface area contributed by atoms with Gasteiger partial charge in [0.25, 0.3) is 0 Å². The maximum Gasteiger partial charge on any atom is 0.492 e. The van der Waals surface area contributed by atoms with Gasteiger partial charge in [0, 0.05) is 22.0 Å². The summed E-state index contributed by atoms with van der Waals surface area (Å²) >= 11 is 1.46. The minimum atomic E-state index is -1.61. The van der Waals surface area contributed by atoms with Crippen LogP contribution in [0.3, 0.4) is 0 Å². The maximum atomic E-state index is 9.73. The van der Waals surface area contributed by atoms with Gasteiger partial charge in [0.2, 0.25) is 5.13 Å². The zero-order valence-corrected chi connectivity index (χ0v) is 17.3. The summed E-state index contributed by atoms with van der Waals surface area (Å²) in [5.74, 6) is 0.439. The zero-order valence-electron chi connectivity index (χ0n) is 16.5. The van der Waals surface area contributed by atoms with Crippen LogP contribution in [0.5, 0.6) is 5.75 Å². The molecule has 0 amide bonds. The number of aryl methyl sites for hydroxylation is 1. The molecule has 0 spiro atoms. The minimum Gasteiger partial charge on any atom is -0.493 e. The Hall–Kier alpha value is -2.68. The van der Waals surface area contributed by atoms with Crippen LogP contribution in [0.15, 0.2) is 52.9 Å². The normalized spacial score (nSPS) is 11.0. The third-order valence-electron chi connectivity index (χ3n) is 4.25. The molecule has 0 fully saturated rings. The van der Waals surface area contributed by atoms with Gasteiger partial charge in [0.05, 0.1) is 18.5 Å². The van der Waals surface area contributed by atoms with Crippen molar-refractivity contribution in [2.75, 3.05) is 12.0 Å². The SMILES string of the molecule is CCCCOc1c(C=NNc2nc(-c3ccccc3)cs2)cc(C)cc1B(O)O. The zero-order chi connectivity index (χ0) is 20.6. The van der Waals surface area contributed by atoms with Crippen molar-refractivity contribution < 1.29 is 14.8 Å². The third-order valence-corrected chi connectivity index (χ3v) is 5.00. The number of nitrogens with zero attached hydrogens (tertiary/aromatic N) is 2. The second-order valence-corrected chi connectivity index (χ2v) is 7.48. The molecule has 1 heterocycles. The molecule has 1 aromatic heterocycles. The number of nitrogens with one attached hydrogen (secondary N) is 1. The van der Waals surface area contributed by atoms with Crippen LogP contribution < -0.4 is 15.6 Å². The predicted octanol–water partition coefficient (Wildman–Crippen LogP) is 3.42. The van der Waals surface area contributed by atoms with Crippen LogP contribution in [0.4, 0.5) is 5.13 Å². The standard InChI is InChI=1S/C21H24BN3O3S/c1-3-4-10-28-20-17(11-15(2)12-18(20)22(26)27)13-23-25-21-24-19(14-29-21)16-8-6-5-7-9-16/h5-9,11-14,26-27H,3-4,10H2,1-2H3,(H,24,25). The molecule has 8 heteroatoms. The summed E-state index contributed by atoms with van der Waals surface area (Å²) in [5, 5.41) is 26.4. The number of aromatic nitrogens is 1. The van der Waals surface area contributed by atoms with Gasteiger partial charge in [-0.05, 0) is 19.4 Å². The van der Waals surface area contributed by atoms with Gasteiger partial charge in [-0.3, -0.25) is 5.43 Å². The Morgan fingerprint density at radius 2 is 2.03 bits per heavy atom. The molecule has 3 rings (SSSR count). The van der Waals surface area contributed by atoms with Crippen LogP contribution >= 0.6 is 11.3 Å². The van der Waals surface area contributed by atoms with Gasteiger partial charge in [-0.15, -0.1) is 11.3 Å². The minimum absolute atomic E-state index is 0.336. The molecule has 0 saturated carbocycles. The highest BCUT2D eigenvalue weighted by Gasteiger charge is 2.20. The van der Waals surface area contributed by atoms with Gasteiger partial charge >= 0.3 is 7.12 Å². The van der Waals surface area contributed by atoms with Gasteiger partial charge in [0.1, 0.15) is 5.75 Å². The fourth-order valence-corrected chi connectivity index (χ4v) is 3.50. The van der Waals surface area contributed by atoms with Gasteiger partial charge in [0.15, 0.2) is 0 Å². The molecule has 0 aliphatic rings. The number of anilines is 1. The summed E-state index contributed by atoms with van der Waals surface area (Å²) in [6.07, 6.45) is 3.48. The van der Waals surface area contributed by atoms with Crippen molar-refractivity contribution in [3.05, 3.63) is 59.0 Å². The molecule has 0 atom stereocenters. The molecule has 3 aromatic rings. The first-order valence-corrected chi connectivity index (χ1v) is 10.4. The lowest BCUT2D eigenvalue weighted by molar-refractivity contribution is 0.309. The molecule has 6 nitrogen and oxygen atoms in total. The fraction of sp³-hybridized carbons (Fsp3) is 0.238. The van der Waals surface area contributed by atoms with Crippen molar-refractivity contribution in [2.45, 2.75) is 26.7 Å². The second-order valence-electron chi connectivity index (χ2n) is 6.62. The van der Waals surface area contributed by atoms with E-state index in [1.165, 1.54) is 11.3 Å². The molecular weight excluding hydrogens is 385 g/mol. The summed E-state index contributed by atoms with van der Waals surface area (Å²) in [7, 11) is -1.61. The summed E-state index contributed by atoms with van der Waals surface area (Å²) in [6, 6.07) is 13.6. The molecule has 150 valence electrons. The van der Waals surface area contributed by atoms with E-state index in [1.807, 2.05) is 48.7 Å². The van der Waals surface area contributed by atoms with Crippen molar-refractivity contribution in [1.29, 1.82) is 0 Å². The van der Waals surface area contributed by atoms with Crippen LogP contribution in [0.25, 0.3) is 11.3 Å². The van der Waals surface area contributed by atoms with E-state index < -0.39 is 7.12 Å². The Morgan fingerprint density at radius 3 is 2.76 bits per heavy atom. The number of thiazole rings is 1. The van der Waals surface area contributed by atoms with Gasteiger partial charge in [-0.1, -0.05) is 55.3 Å². The Labute approximate surface area is 175 Å². The predicted molar refractivity (Wildman–Crippen MR) is 120 cm³/mol. The maximum absolute atomic E-state index is 9.73. The van der Waals surface area contributed by atoms with E-state index in [1.54, 1.807) is 12.3 Å². The van der Waals surface area contributed by atoms with Crippen molar-refractivity contribution >= 4 is 35.3 Å². The highest BCUT2D eigenvalue weighted by molar-refractivity contribution is 7.14. The molecule has 29 heavy (non-hydrogen) atoms. The molecule has 0 aliphatic heterocycles. The number of hydrogen-bond acceptors (Lipinski definition) is 7. The van der Waals surface area contributed by atoms with Crippen LogP contribution in [0.2, 0.25) is 0 Å². The van der Waals surface area contributed by atoms with E-state index in [0.717, 1.165) is 29.7 Å². The van der Waals surface area contributed by atoms with Crippen molar-refractivity contribution in [1.82, 2.24) is 4.98 Å². The summed E-state index contributed by atoms with van der Waals surface area (Å²) in [6.45, 7) is 4.46. The molecule has 0 unspecified atom stereocenters. The van der Waals surface area contributed by atoms with E-state index in [9.17, 15) is 10.0 Å². The lowest BCUT2D eigenvalue weighted by Crippen LogP contribution is -2.32. The van der Waals surface area contributed by atoms with Crippen molar-refractivity contribution in [3.63, 3.8) is 0 Å². The average Bonchev–Trinajstić information content (AvgIpc) is 3.19. The number of hydrogen-bond donors (Lipinski definition) is 3. The second kappa shape index (κ2) is 10.2. The number of ether oxygens (including phenoxy) is 1. The average molecular weight is 409 g/mol. The van der Waals surface area contributed by atoms with Crippen molar-refractivity contribution in [3.8, 4) is 17.0 Å². The molecule has 2 aromatic carbocycles. The van der Waals surface area contributed by atoms with Gasteiger partial charge in [-0.25, -0.2) is 4.98 Å². The van der Waals surface area contributed by atoms with Crippen LogP contribution in [0, 0.1) is 6.92 Å². The third kappa shape index (κ3) is 5.66. The number of rotatable bonds is 9. The van der Waals surface area contributed by atoms with E-state index in [4.69, 9.17) is 4.74 Å². The largest absolute Gasteiger partial charge is 0.493 e. The number of hydrazone groups is 1. The Kier molecular flexibility index (Phi) is 7.40. The molecule has 0 aliphatic carbocycles. The van der Waals surface area contributed by atoms with E-state index in [2.05, 4.69) is 22.4 Å². The monoisotopic (exact) mass is 409 g/mol. The van der Waals surface area contributed by atoms with Crippen LogP contribution in [-0.4, -0.2) is 35.0 Å². The molecule has 0 saturated heterocycles. The topological polar surface area (TPSA) is 87.0 Å². The highest BCUT2D eigenvalue weighted by Crippen LogP contribution is 2.24. The first kappa shape index (κ1) is 21.0. The van der Waals surface area contributed by atoms with Gasteiger partial charge in [-0.2, -0.15) is 5.10 Å². The lowest BCUT2D eigenvalue weighted by atomic mass is 9.77. The molecule has 0 bridgehead atoms. The van der Waals surface area contributed by atoms with Crippen LogP contribution in [-0.2, 0) is 0 Å². The first-order chi connectivity index (χ1) is 14.1. The Morgan fingerprint density at radius 1 is 1.24 bits per heavy atom. The van der Waals surface area contributed by atoms with Gasteiger partial charge < -0.3 is 14.8 Å². The summed E-state index contributed by atoms with van der Waals surface area (Å²) < 4.78 is 5.84. The number of unbranched alkanes of at least 4 members (excludes halogenated alkanes) is 1. The molecular formula is C21H24BN3O3S. The highest BCUT2D eigenvalue weighted by atomic mass is 32.1. The Bertz CT molecular complexity index is 961. The van der Waals surface area contributed by atoms with Crippen molar-refractivity contribution in [2.24, 2.45) is 5.10 Å². The quantitative estimate of drug-likeness (QED) is 0.218. The summed E-state index contributed by atoms with van der Waals surface area (Å²) in [5.41, 5.74) is 6.78. The number of benzene rings is 2. The molecule has 3 N–H and O–H groups in total. The Balaban J connectivity index is 1.78. The summed E-state index contributed by atoms with van der Waals surface area (Å²) in [4.78, 5) is 4.54. The van der Waals surface area contributed by atoms with E-state index >= 15 is 0 Å². The molecule has 0 radical (unpaired) electrons. The first-order valence-electron chi connectivity index (χ1n) is 9.52. The van der Waals surface area contributed by atoms with E-state index in [0.29, 0.717) is 28.5 Å². The van der Waals surface area contributed by atoms with E-state index in [-0.39, 0.29) is 0 Å².